The average molecular weight is 586 g/mol. The monoisotopic (exact) mass is 586 g/mol. The molecule has 2 aliphatic heterocycles. The van der Waals surface area contributed by atoms with Crippen LogP contribution in [0.25, 0.3) is 11.2 Å². The van der Waals surface area contributed by atoms with Crippen LogP contribution < -0.4 is 16.0 Å². The van der Waals surface area contributed by atoms with Crippen molar-refractivity contribution in [1.82, 2.24) is 29.1 Å². The molecule has 224 valence electrons. The van der Waals surface area contributed by atoms with Crippen LogP contribution in [0.2, 0.25) is 0 Å². The minimum absolute atomic E-state index is 0.167. The van der Waals surface area contributed by atoms with E-state index in [1.54, 1.807) is 0 Å². The van der Waals surface area contributed by atoms with E-state index in [1.165, 1.54) is 10.9 Å². The van der Waals surface area contributed by atoms with Crippen LogP contribution in [0.1, 0.15) is 12.5 Å². The van der Waals surface area contributed by atoms with Gasteiger partial charge in [0.15, 0.2) is 30.2 Å². The van der Waals surface area contributed by atoms with Crippen LogP contribution in [0.15, 0.2) is 28.4 Å². The van der Waals surface area contributed by atoms with E-state index >= 15 is 0 Å². The first-order chi connectivity index (χ1) is 19.5. The molecule has 0 unspecified atom stereocenters. The smallest absolute Gasteiger partial charge is 0.341 e. The molecule has 2 saturated heterocycles. The SMILES string of the molecule is O=C(O)COc1cn([C@@H]2O[C@H](CO)[C@@H](O)[C@H]2O)c(=O)[nH]c1=O.OC[C@H]1O[C@@H](n2cnc3c(O)ncnc32)[C@H](O)[C@@H]1O. The Kier molecular flexibility index (Phi) is 8.94. The summed E-state index contributed by atoms with van der Waals surface area (Å²) < 4.78 is 17.3. The first-order valence-corrected chi connectivity index (χ1v) is 11.8. The van der Waals surface area contributed by atoms with Crippen molar-refractivity contribution in [3.8, 4) is 11.6 Å². The molecular weight excluding hydrogens is 560 g/mol. The molecule has 8 atom stereocenters. The maximum atomic E-state index is 11.8. The number of carboxylic acid groups (broad SMARTS) is 1. The van der Waals surface area contributed by atoms with Gasteiger partial charge in [-0.15, -0.1) is 0 Å². The molecule has 0 aliphatic carbocycles. The Labute approximate surface area is 226 Å². The standard InChI is InChI=1S/C11H14N2O9.C10H12N4O5/c14-2-5-7(17)8(18)10(22-5)13-1-4(21-3-6(15)16)9(19)12-11(13)20;15-1-4-6(16)7(17)10(19-4)14-3-13-5-8(14)11-2-12-9(5)18/h1,5,7-8,10,14,17-18H,2-3H2,(H,15,16)(H,12,19,20);2-4,6-7,10,15-17H,1H2,(H,11,12,18)/t5-,7-,8-,10-;4-,6-,7-,10-/m11/s1. The normalized spacial score (nSPS) is 29.3. The molecule has 0 amide bonds. The van der Waals surface area contributed by atoms with Crippen LogP contribution in [0, 0.1) is 0 Å². The number of fused-ring (bicyclic) bond motifs is 1. The van der Waals surface area contributed by atoms with Gasteiger partial charge in [0.2, 0.25) is 11.6 Å². The summed E-state index contributed by atoms with van der Waals surface area (Å²) >= 11 is 0. The van der Waals surface area contributed by atoms with Crippen LogP contribution in [-0.4, -0.2) is 132 Å². The number of aliphatic hydroxyl groups excluding tert-OH is 6. The largest absolute Gasteiger partial charge is 0.492 e. The summed E-state index contributed by atoms with van der Waals surface area (Å²) in [5.74, 6) is -2.08. The molecule has 41 heavy (non-hydrogen) atoms. The van der Waals surface area contributed by atoms with E-state index in [0.717, 1.165) is 17.1 Å². The number of rotatable bonds is 7. The van der Waals surface area contributed by atoms with Crippen LogP contribution >= 0.6 is 0 Å². The molecule has 5 rings (SSSR count). The van der Waals surface area contributed by atoms with Crippen molar-refractivity contribution in [2.75, 3.05) is 19.8 Å². The fraction of sp³-hybridized carbons (Fsp3) is 0.524. The Hall–Kier alpha value is -4.02. The maximum absolute atomic E-state index is 11.8. The van der Waals surface area contributed by atoms with Crippen molar-refractivity contribution in [3.63, 3.8) is 0 Å². The van der Waals surface area contributed by atoms with Gasteiger partial charge in [0.05, 0.1) is 25.7 Å². The lowest BCUT2D eigenvalue weighted by molar-refractivity contribution is -0.139. The van der Waals surface area contributed by atoms with Crippen molar-refractivity contribution in [3.05, 3.63) is 39.7 Å². The molecule has 2 fully saturated rings. The Bertz CT molecular complexity index is 1490. The molecule has 5 heterocycles. The zero-order valence-electron chi connectivity index (χ0n) is 20.7. The topological polar surface area (TPSA) is 305 Å². The molecule has 0 aromatic carbocycles. The zero-order chi connectivity index (χ0) is 30.0. The van der Waals surface area contributed by atoms with Crippen molar-refractivity contribution in [2.24, 2.45) is 0 Å². The fourth-order valence-electron chi connectivity index (χ4n) is 4.14. The molecule has 3 aromatic heterocycles. The highest BCUT2D eigenvalue weighted by Crippen LogP contribution is 2.32. The maximum Gasteiger partial charge on any atom is 0.341 e. The van der Waals surface area contributed by atoms with Gasteiger partial charge in [-0.05, 0) is 0 Å². The number of aromatic amines is 1. The third-order valence-electron chi connectivity index (χ3n) is 6.21. The Balaban J connectivity index is 0.000000191. The number of hydrogen-bond acceptors (Lipinski definition) is 16. The van der Waals surface area contributed by atoms with Crippen LogP contribution in [-0.2, 0) is 14.3 Å². The number of nitrogens with one attached hydrogen (secondary N) is 1. The zero-order valence-corrected chi connectivity index (χ0v) is 20.7. The molecular formula is C21H26N6O14. The minimum Gasteiger partial charge on any atom is -0.492 e. The number of ether oxygens (including phenoxy) is 3. The van der Waals surface area contributed by atoms with Crippen molar-refractivity contribution >= 4 is 17.1 Å². The van der Waals surface area contributed by atoms with Crippen LogP contribution in [0.3, 0.4) is 0 Å². The van der Waals surface area contributed by atoms with Crippen LogP contribution in [0.5, 0.6) is 11.6 Å². The van der Waals surface area contributed by atoms with Crippen molar-refractivity contribution in [2.45, 2.75) is 49.1 Å². The summed E-state index contributed by atoms with van der Waals surface area (Å²) in [4.78, 5) is 47.0. The molecule has 0 bridgehead atoms. The third-order valence-corrected chi connectivity index (χ3v) is 6.21. The van der Waals surface area contributed by atoms with Gasteiger partial charge in [0, 0.05) is 0 Å². The van der Waals surface area contributed by atoms with Gasteiger partial charge in [-0.1, -0.05) is 0 Å². The summed E-state index contributed by atoms with van der Waals surface area (Å²) in [6.45, 7) is -1.81. The van der Waals surface area contributed by atoms with E-state index in [2.05, 4.69) is 15.0 Å². The lowest BCUT2D eigenvalue weighted by Crippen LogP contribution is -2.38. The highest BCUT2D eigenvalue weighted by Gasteiger charge is 2.45. The third kappa shape index (κ3) is 5.89. The second-order valence-electron chi connectivity index (χ2n) is 8.82. The highest BCUT2D eigenvalue weighted by molar-refractivity contribution is 5.75. The number of imidazole rings is 1. The second-order valence-corrected chi connectivity index (χ2v) is 8.82. The molecule has 0 radical (unpaired) electrons. The molecule has 0 saturated carbocycles. The van der Waals surface area contributed by atoms with Gasteiger partial charge in [0.1, 0.15) is 43.0 Å². The number of carboxylic acids is 1. The number of nitrogens with zero attached hydrogens (tertiary/aromatic N) is 5. The quantitative estimate of drug-likeness (QED) is 0.125. The van der Waals surface area contributed by atoms with E-state index in [-0.39, 0.29) is 17.0 Å². The van der Waals surface area contributed by atoms with E-state index in [4.69, 9.17) is 29.5 Å². The Morgan fingerprint density at radius 3 is 2.05 bits per heavy atom. The van der Waals surface area contributed by atoms with E-state index in [1.807, 2.05) is 4.98 Å². The summed E-state index contributed by atoms with van der Waals surface area (Å²) in [6.07, 6.45) is -6.37. The van der Waals surface area contributed by atoms with Crippen LogP contribution in [0.4, 0.5) is 0 Å². The summed E-state index contributed by atoms with van der Waals surface area (Å²) in [6, 6.07) is 0. The minimum atomic E-state index is -1.53. The van der Waals surface area contributed by atoms with Crippen molar-refractivity contribution < 1.29 is 59.9 Å². The van der Waals surface area contributed by atoms with Gasteiger partial charge in [0.25, 0.3) is 5.56 Å². The van der Waals surface area contributed by atoms with Gasteiger partial charge in [-0.25, -0.2) is 19.6 Å². The number of aliphatic hydroxyl groups is 6. The fourth-order valence-corrected chi connectivity index (χ4v) is 4.14. The number of aliphatic carboxylic acids is 1. The predicted octanol–water partition coefficient (Wildman–Crippen LogP) is -5.25. The number of carbonyl (C=O) groups is 1. The molecule has 0 spiro atoms. The Morgan fingerprint density at radius 1 is 0.927 bits per heavy atom. The number of H-pyrrole nitrogens is 1. The summed E-state index contributed by atoms with van der Waals surface area (Å²) in [5, 5.41) is 75.2. The van der Waals surface area contributed by atoms with Gasteiger partial charge < -0.3 is 55.1 Å². The van der Waals surface area contributed by atoms with E-state index in [0.29, 0.717) is 0 Å². The molecule has 2 aliphatic rings. The second kappa shape index (κ2) is 12.2. The number of hydrogen-bond donors (Lipinski definition) is 9. The summed E-state index contributed by atoms with van der Waals surface area (Å²) in [7, 11) is 0. The highest BCUT2D eigenvalue weighted by atomic mass is 16.6. The summed E-state index contributed by atoms with van der Waals surface area (Å²) in [5.41, 5.74) is -1.47. The van der Waals surface area contributed by atoms with E-state index in [9.17, 15) is 39.9 Å². The first kappa shape index (κ1) is 30.0. The molecule has 20 heteroatoms. The average Bonchev–Trinajstić information content (AvgIpc) is 3.58. The number of aromatic hydroxyl groups is 1. The molecule has 9 N–H and O–H groups in total. The molecule has 20 nitrogen and oxygen atoms in total. The van der Waals surface area contributed by atoms with Gasteiger partial charge in [-0.3, -0.25) is 18.9 Å². The van der Waals surface area contributed by atoms with Gasteiger partial charge in [-0.2, -0.15) is 4.98 Å². The van der Waals surface area contributed by atoms with Gasteiger partial charge >= 0.3 is 11.7 Å². The molecule has 3 aromatic rings. The van der Waals surface area contributed by atoms with Crippen molar-refractivity contribution in [1.29, 1.82) is 0 Å². The lowest BCUT2D eigenvalue weighted by Gasteiger charge is -2.17. The number of aromatic nitrogens is 6. The van der Waals surface area contributed by atoms with E-state index < -0.39 is 91.9 Å². The lowest BCUT2D eigenvalue weighted by atomic mass is 10.1. The predicted molar refractivity (Wildman–Crippen MR) is 127 cm³/mol. The Morgan fingerprint density at radius 2 is 1.51 bits per heavy atom. The first-order valence-electron chi connectivity index (χ1n) is 11.8.